The highest BCUT2D eigenvalue weighted by Crippen LogP contribution is 2.18. The first-order valence-electron chi connectivity index (χ1n) is 8.07. The van der Waals surface area contributed by atoms with Gasteiger partial charge in [-0.3, -0.25) is 9.69 Å². The van der Waals surface area contributed by atoms with Crippen molar-refractivity contribution in [1.29, 1.82) is 0 Å². The Morgan fingerprint density at radius 3 is 2.64 bits per heavy atom. The summed E-state index contributed by atoms with van der Waals surface area (Å²) in [5.74, 6) is 1.25. The van der Waals surface area contributed by atoms with E-state index < -0.39 is 0 Å². The van der Waals surface area contributed by atoms with Crippen molar-refractivity contribution in [2.24, 2.45) is 5.92 Å². The van der Waals surface area contributed by atoms with Crippen molar-refractivity contribution in [3.8, 4) is 5.75 Å². The number of ether oxygens (including phenoxy) is 1. The highest BCUT2D eigenvalue weighted by atomic mass is 35.5. The van der Waals surface area contributed by atoms with Crippen LogP contribution in [0.1, 0.15) is 26.2 Å². The van der Waals surface area contributed by atoms with Crippen molar-refractivity contribution in [3.63, 3.8) is 0 Å². The van der Waals surface area contributed by atoms with Crippen molar-refractivity contribution < 1.29 is 9.53 Å². The van der Waals surface area contributed by atoms with Gasteiger partial charge in [0, 0.05) is 24.0 Å². The number of nitrogens with one attached hydrogen (secondary N) is 1. The van der Waals surface area contributed by atoms with Gasteiger partial charge >= 0.3 is 0 Å². The summed E-state index contributed by atoms with van der Waals surface area (Å²) in [6, 6.07) is 7.42. The first-order chi connectivity index (χ1) is 10.7. The fourth-order valence-electron chi connectivity index (χ4n) is 2.63. The minimum absolute atomic E-state index is 0.181. The smallest absolute Gasteiger partial charge is 0.223 e. The molecule has 1 amide bonds. The van der Waals surface area contributed by atoms with E-state index in [2.05, 4.69) is 17.1 Å². The standard InChI is InChI=1S/C17H25ClN2O2/c1-2-9-19-17(21)14-7-10-20(11-8-14)12-13-22-16-5-3-15(18)4-6-16/h3-6,14H,2,7-13H2,1H3,(H,19,21). The topological polar surface area (TPSA) is 41.6 Å². The summed E-state index contributed by atoms with van der Waals surface area (Å²) < 4.78 is 5.71. The summed E-state index contributed by atoms with van der Waals surface area (Å²) in [6.45, 7) is 6.35. The van der Waals surface area contributed by atoms with Gasteiger partial charge < -0.3 is 10.1 Å². The quantitative estimate of drug-likeness (QED) is 0.838. The molecule has 1 aliphatic rings. The van der Waals surface area contributed by atoms with Crippen molar-refractivity contribution in [1.82, 2.24) is 10.2 Å². The predicted molar refractivity (Wildman–Crippen MR) is 89.4 cm³/mol. The molecule has 1 aromatic rings. The molecule has 0 unspecified atom stereocenters. The van der Waals surface area contributed by atoms with Gasteiger partial charge in [-0.15, -0.1) is 0 Å². The van der Waals surface area contributed by atoms with Crippen LogP contribution in [-0.4, -0.2) is 43.6 Å². The van der Waals surface area contributed by atoms with Gasteiger partial charge in [-0.25, -0.2) is 0 Å². The monoisotopic (exact) mass is 324 g/mol. The average molecular weight is 325 g/mol. The molecule has 0 bridgehead atoms. The average Bonchev–Trinajstić information content (AvgIpc) is 2.55. The fraction of sp³-hybridized carbons (Fsp3) is 0.588. The molecule has 122 valence electrons. The summed E-state index contributed by atoms with van der Waals surface area (Å²) >= 11 is 5.84. The summed E-state index contributed by atoms with van der Waals surface area (Å²) in [5.41, 5.74) is 0. The highest BCUT2D eigenvalue weighted by Gasteiger charge is 2.24. The van der Waals surface area contributed by atoms with Crippen molar-refractivity contribution in [2.75, 3.05) is 32.8 Å². The van der Waals surface area contributed by atoms with E-state index in [0.29, 0.717) is 6.61 Å². The van der Waals surface area contributed by atoms with Gasteiger partial charge in [-0.2, -0.15) is 0 Å². The molecular formula is C17H25ClN2O2. The molecule has 0 aliphatic carbocycles. The molecule has 4 nitrogen and oxygen atoms in total. The summed E-state index contributed by atoms with van der Waals surface area (Å²) in [7, 11) is 0. The van der Waals surface area contributed by atoms with Crippen LogP contribution >= 0.6 is 11.6 Å². The molecule has 0 saturated carbocycles. The van der Waals surface area contributed by atoms with Gasteiger partial charge in [0.1, 0.15) is 12.4 Å². The largest absolute Gasteiger partial charge is 0.492 e. The molecule has 0 atom stereocenters. The number of nitrogens with zero attached hydrogens (tertiary/aromatic N) is 1. The lowest BCUT2D eigenvalue weighted by Crippen LogP contribution is -2.41. The first-order valence-corrected chi connectivity index (χ1v) is 8.45. The summed E-state index contributed by atoms with van der Waals surface area (Å²) in [5, 5.41) is 3.71. The van der Waals surface area contributed by atoms with Crippen LogP contribution in [0.3, 0.4) is 0 Å². The zero-order chi connectivity index (χ0) is 15.8. The van der Waals surface area contributed by atoms with Gasteiger partial charge in [0.25, 0.3) is 0 Å². The maximum Gasteiger partial charge on any atom is 0.223 e. The number of amides is 1. The lowest BCUT2D eigenvalue weighted by Gasteiger charge is -2.31. The van der Waals surface area contributed by atoms with Crippen LogP contribution in [0.4, 0.5) is 0 Å². The highest BCUT2D eigenvalue weighted by molar-refractivity contribution is 6.30. The van der Waals surface area contributed by atoms with Gasteiger partial charge in [-0.05, 0) is 56.6 Å². The Labute approximate surface area is 137 Å². The maximum absolute atomic E-state index is 11.9. The Bertz CT molecular complexity index is 456. The summed E-state index contributed by atoms with van der Waals surface area (Å²) in [6.07, 6.45) is 2.87. The number of carbonyl (C=O) groups is 1. The van der Waals surface area contributed by atoms with Crippen LogP contribution in [0.15, 0.2) is 24.3 Å². The third-order valence-corrected chi connectivity index (χ3v) is 4.25. The second-order valence-electron chi connectivity index (χ2n) is 5.71. The fourth-order valence-corrected chi connectivity index (χ4v) is 2.76. The molecule has 5 heteroatoms. The Kier molecular flexibility index (Phi) is 7.00. The second-order valence-corrected chi connectivity index (χ2v) is 6.15. The van der Waals surface area contributed by atoms with E-state index in [4.69, 9.17) is 16.3 Å². The van der Waals surface area contributed by atoms with Gasteiger partial charge in [0.2, 0.25) is 5.91 Å². The molecule has 1 aliphatic heterocycles. The second kappa shape index (κ2) is 9.01. The molecule has 2 rings (SSSR count). The molecule has 1 N–H and O–H groups in total. The lowest BCUT2D eigenvalue weighted by molar-refractivity contribution is -0.126. The van der Waals surface area contributed by atoms with Crippen LogP contribution < -0.4 is 10.1 Å². The number of benzene rings is 1. The Morgan fingerprint density at radius 2 is 2.00 bits per heavy atom. The molecule has 1 aromatic carbocycles. The molecule has 1 fully saturated rings. The molecule has 0 spiro atoms. The molecule has 0 radical (unpaired) electrons. The number of hydrogen-bond donors (Lipinski definition) is 1. The minimum atomic E-state index is 0.181. The van der Waals surface area contributed by atoms with Gasteiger partial charge in [-0.1, -0.05) is 18.5 Å². The van der Waals surface area contributed by atoms with E-state index in [1.54, 1.807) is 0 Å². The third kappa shape index (κ3) is 5.50. The van der Waals surface area contributed by atoms with Crippen molar-refractivity contribution in [3.05, 3.63) is 29.3 Å². The molecule has 1 saturated heterocycles. The zero-order valence-corrected chi connectivity index (χ0v) is 13.9. The number of hydrogen-bond acceptors (Lipinski definition) is 3. The van der Waals surface area contributed by atoms with E-state index in [1.807, 2.05) is 24.3 Å². The number of carbonyl (C=O) groups excluding carboxylic acids is 1. The normalized spacial score (nSPS) is 16.5. The number of likely N-dealkylation sites (tertiary alicyclic amines) is 1. The van der Waals surface area contributed by atoms with E-state index in [0.717, 1.165) is 56.2 Å². The molecule has 22 heavy (non-hydrogen) atoms. The minimum Gasteiger partial charge on any atom is -0.492 e. The Morgan fingerprint density at radius 1 is 1.32 bits per heavy atom. The first kappa shape index (κ1) is 17.1. The Balaban J connectivity index is 1.63. The summed E-state index contributed by atoms with van der Waals surface area (Å²) in [4.78, 5) is 14.3. The van der Waals surface area contributed by atoms with Crippen molar-refractivity contribution in [2.45, 2.75) is 26.2 Å². The lowest BCUT2D eigenvalue weighted by atomic mass is 9.96. The Hall–Kier alpha value is -1.26. The van der Waals surface area contributed by atoms with Gasteiger partial charge in [0.15, 0.2) is 0 Å². The maximum atomic E-state index is 11.9. The van der Waals surface area contributed by atoms with E-state index in [9.17, 15) is 4.79 Å². The molecular weight excluding hydrogens is 300 g/mol. The zero-order valence-electron chi connectivity index (χ0n) is 13.2. The van der Waals surface area contributed by atoms with Gasteiger partial charge in [0.05, 0.1) is 0 Å². The number of rotatable bonds is 7. The number of piperidine rings is 1. The van der Waals surface area contributed by atoms with Crippen molar-refractivity contribution >= 4 is 17.5 Å². The van der Waals surface area contributed by atoms with E-state index in [-0.39, 0.29) is 11.8 Å². The molecule has 0 aromatic heterocycles. The predicted octanol–water partition coefficient (Wildman–Crippen LogP) is 2.96. The third-order valence-electron chi connectivity index (χ3n) is 4.00. The van der Waals surface area contributed by atoms with E-state index >= 15 is 0 Å². The van der Waals surface area contributed by atoms with Crippen LogP contribution in [0.2, 0.25) is 5.02 Å². The SMILES string of the molecule is CCCNC(=O)C1CCN(CCOc2ccc(Cl)cc2)CC1. The molecule has 1 heterocycles. The van der Waals surface area contributed by atoms with E-state index in [1.165, 1.54) is 0 Å². The number of halogens is 1. The van der Waals surface area contributed by atoms with Crippen LogP contribution in [-0.2, 0) is 4.79 Å². The van der Waals surface area contributed by atoms with Crippen LogP contribution in [0, 0.1) is 5.92 Å². The van der Waals surface area contributed by atoms with Crippen LogP contribution in [0.25, 0.3) is 0 Å². The van der Waals surface area contributed by atoms with Crippen LogP contribution in [0.5, 0.6) is 5.75 Å².